The van der Waals surface area contributed by atoms with E-state index in [1.54, 1.807) is 37.3 Å². The van der Waals surface area contributed by atoms with Crippen molar-refractivity contribution < 1.29 is 54.4 Å². The minimum atomic E-state index is -4.58. The summed E-state index contributed by atoms with van der Waals surface area (Å²) in [6, 6.07) is 10.1. The molecule has 0 spiro atoms. The Morgan fingerprint density at radius 3 is 2.44 bits per heavy atom. The van der Waals surface area contributed by atoms with Crippen molar-refractivity contribution in [2.45, 2.75) is 106 Å². The number of nitrogens with one attached hydrogen (secondary N) is 3. The molecule has 16 nitrogen and oxygen atoms in total. The number of rotatable bonds is 17. The molecular weight excluding hydrogens is 860 g/mol. The largest absolute Gasteiger partial charge is 0.470 e. The SMILES string of the molecule is C=CCCCCC[C@H](NC(=O)c1ccno1)C(=O)N1C[C@H](Oc2nc(-c3ccc(C(F)(F)F)cc3)nc3c2oc2ccccc23)C[C@H]1C(=O)N[C@]1(C(=O)NS(=O)(=O)C2(C)CC2)CC1C. The van der Waals surface area contributed by atoms with Gasteiger partial charge < -0.3 is 29.2 Å². The van der Waals surface area contributed by atoms with Gasteiger partial charge >= 0.3 is 6.18 Å². The number of hydrogen-bond acceptors (Lipinski definition) is 12. The monoisotopic (exact) mass is 905 g/mol. The van der Waals surface area contributed by atoms with E-state index in [1.165, 1.54) is 36.2 Å². The maximum absolute atomic E-state index is 14.8. The van der Waals surface area contributed by atoms with Crippen LogP contribution in [0.5, 0.6) is 5.88 Å². The summed E-state index contributed by atoms with van der Waals surface area (Å²) in [6.45, 7) is 6.74. The third-order valence-electron chi connectivity index (χ3n) is 12.3. The zero-order chi connectivity index (χ0) is 45.6. The number of ether oxygens (including phenoxy) is 1. The van der Waals surface area contributed by atoms with Crippen molar-refractivity contribution in [1.29, 1.82) is 0 Å². The average molecular weight is 906 g/mol. The number of fused-ring (bicyclic) bond motifs is 3. The van der Waals surface area contributed by atoms with Crippen LogP contribution in [0.3, 0.4) is 0 Å². The normalized spacial score (nSPS) is 21.9. The van der Waals surface area contributed by atoms with E-state index in [0.29, 0.717) is 42.2 Å². The number of benzene rings is 2. The van der Waals surface area contributed by atoms with Crippen LogP contribution in [0.2, 0.25) is 0 Å². The molecule has 5 aromatic rings. The van der Waals surface area contributed by atoms with Crippen molar-refractivity contribution in [3.8, 4) is 17.3 Å². The van der Waals surface area contributed by atoms with E-state index in [1.807, 2.05) is 0 Å². The molecule has 0 radical (unpaired) electrons. The molecule has 8 rings (SSSR count). The first-order valence-corrected chi connectivity index (χ1v) is 22.5. The highest BCUT2D eigenvalue weighted by atomic mass is 32.2. The summed E-state index contributed by atoms with van der Waals surface area (Å²) in [5, 5.41) is 9.65. The first kappa shape index (κ1) is 44.3. The standard InChI is InChI=1S/C44H46F3N7O9S/c1-4-5-6-7-8-12-30(49-38(56)33-18-21-48-63-33)40(57)54-24-28(22-31(54)37(55)52-43(23-25(43)2)41(58)53-64(59,60)42(3)19-20-42)61-39-35-34(29-11-9-10-13-32(29)62-35)50-36(51-39)26-14-16-27(17-15-26)44(45,46)47/h4,9-11,13-18,21,25,28,30-31H,1,5-8,12,19-20,22-24H2,2-3H3,(H,49,56)(H,52,55)(H,53,58)/t25?,28-,30+,31+,43-/m1/s1. The van der Waals surface area contributed by atoms with E-state index < -0.39 is 79.8 Å². The van der Waals surface area contributed by atoms with Crippen LogP contribution >= 0.6 is 0 Å². The summed E-state index contributed by atoms with van der Waals surface area (Å²) in [4.78, 5) is 66.8. The molecule has 3 aliphatic rings. The highest BCUT2D eigenvalue weighted by molar-refractivity contribution is 7.91. The maximum Gasteiger partial charge on any atom is 0.416 e. The Balaban J connectivity index is 1.13. The second-order valence-corrected chi connectivity index (χ2v) is 19.2. The van der Waals surface area contributed by atoms with Crippen LogP contribution in [0.15, 0.2) is 82.4 Å². The molecule has 3 fully saturated rings. The molecule has 5 atom stereocenters. The second-order valence-electron chi connectivity index (χ2n) is 17.0. The third kappa shape index (κ3) is 8.79. The number of unbranched alkanes of at least 4 members (excludes halogenated alkanes) is 3. The Morgan fingerprint density at radius 2 is 1.78 bits per heavy atom. The summed E-state index contributed by atoms with van der Waals surface area (Å²) >= 11 is 0. The highest BCUT2D eigenvalue weighted by Crippen LogP contribution is 2.46. The summed E-state index contributed by atoms with van der Waals surface area (Å²) in [5.41, 5.74) is -1.39. The van der Waals surface area contributed by atoms with Crippen LogP contribution in [0.25, 0.3) is 33.5 Å². The minimum absolute atomic E-state index is 0.0142. The molecule has 1 saturated heterocycles. The lowest BCUT2D eigenvalue weighted by molar-refractivity contribution is -0.141. The Hall–Kier alpha value is -6.31. The van der Waals surface area contributed by atoms with Gasteiger partial charge in [-0.3, -0.25) is 23.9 Å². The number of sulfonamides is 1. The molecule has 2 saturated carbocycles. The molecule has 338 valence electrons. The van der Waals surface area contributed by atoms with Gasteiger partial charge in [0.2, 0.25) is 33.2 Å². The molecule has 3 N–H and O–H groups in total. The molecule has 2 aliphatic carbocycles. The van der Waals surface area contributed by atoms with Gasteiger partial charge in [-0.05, 0) is 75.6 Å². The average Bonchev–Trinajstić information content (AvgIpc) is 3.85. The van der Waals surface area contributed by atoms with Gasteiger partial charge in [0.05, 0.1) is 23.1 Å². The fraction of sp³-hybridized carbons (Fsp3) is 0.432. The number of hydrogen-bond donors (Lipinski definition) is 3. The van der Waals surface area contributed by atoms with Crippen LogP contribution in [0, 0.1) is 5.92 Å². The number of nitrogens with zero attached hydrogens (tertiary/aromatic N) is 4. The lowest BCUT2D eigenvalue weighted by Crippen LogP contribution is -2.58. The predicted molar refractivity (Wildman–Crippen MR) is 225 cm³/mol. The molecule has 4 amide bonds. The Labute approximate surface area is 365 Å². The lowest BCUT2D eigenvalue weighted by atomic mass is 10.0. The van der Waals surface area contributed by atoms with Gasteiger partial charge in [0.1, 0.15) is 34.8 Å². The van der Waals surface area contributed by atoms with E-state index in [-0.39, 0.29) is 54.4 Å². The van der Waals surface area contributed by atoms with Gasteiger partial charge in [-0.1, -0.05) is 55.3 Å². The number of likely N-dealkylation sites (tertiary alicyclic amines) is 1. The number of carbonyl (C=O) groups is 4. The van der Waals surface area contributed by atoms with Crippen molar-refractivity contribution in [1.82, 2.24) is 35.4 Å². The van der Waals surface area contributed by atoms with E-state index in [9.17, 15) is 40.8 Å². The first-order chi connectivity index (χ1) is 30.4. The van der Waals surface area contributed by atoms with Gasteiger partial charge in [0, 0.05) is 23.4 Å². The number of furan rings is 1. The van der Waals surface area contributed by atoms with Crippen molar-refractivity contribution >= 4 is 55.7 Å². The van der Waals surface area contributed by atoms with Gasteiger partial charge in [-0.25, -0.2) is 13.4 Å². The van der Waals surface area contributed by atoms with Crippen LogP contribution in [-0.4, -0.2) is 87.1 Å². The number of aromatic nitrogens is 3. The van der Waals surface area contributed by atoms with Crippen molar-refractivity contribution in [2.24, 2.45) is 5.92 Å². The lowest BCUT2D eigenvalue weighted by Gasteiger charge is -2.30. The number of para-hydroxylation sites is 1. The van der Waals surface area contributed by atoms with E-state index >= 15 is 0 Å². The second kappa shape index (κ2) is 17.0. The van der Waals surface area contributed by atoms with Gasteiger partial charge in [-0.15, -0.1) is 6.58 Å². The number of amides is 4. The zero-order valence-corrected chi connectivity index (χ0v) is 35.8. The summed E-state index contributed by atoms with van der Waals surface area (Å²) in [5.74, 6) is -3.70. The summed E-state index contributed by atoms with van der Waals surface area (Å²) in [7, 11) is -4.06. The maximum atomic E-state index is 14.8. The molecule has 2 aromatic carbocycles. The minimum Gasteiger partial charge on any atom is -0.470 e. The predicted octanol–water partition coefficient (Wildman–Crippen LogP) is 6.23. The van der Waals surface area contributed by atoms with Crippen molar-refractivity contribution in [2.75, 3.05) is 6.54 Å². The molecule has 4 heterocycles. The number of halogens is 3. The smallest absolute Gasteiger partial charge is 0.416 e. The van der Waals surface area contributed by atoms with Crippen LogP contribution < -0.4 is 20.1 Å². The van der Waals surface area contributed by atoms with Crippen LogP contribution in [0.1, 0.15) is 87.8 Å². The Kier molecular flexibility index (Phi) is 11.8. The Morgan fingerprint density at radius 1 is 1.05 bits per heavy atom. The Bertz CT molecular complexity index is 2720. The third-order valence-corrected chi connectivity index (χ3v) is 14.5. The fourth-order valence-corrected chi connectivity index (χ4v) is 9.32. The van der Waals surface area contributed by atoms with Crippen LogP contribution in [0.4, 0.5) is 13.2 Å². The quantitative estimate of drug-likeness (QED) is 0.0700. The number of carbonyl (C=O) groups excluding carboxylic acids is 4. The molecule has 1 unspecified atom stereocenters. The topological polar surface area (TPSA) is 216 Å². The van der Waals surface area contributed by atoms with Gasteiger partial charge in [0.15, 0.2) is 5.82 Å². The zero-order valence-electron chi connectivity index (χ0n) is 34.9. The molecule has 1 aliphatic heterocycles. The number of alkyl halides is 3. The molecule has 0 bridgehead atoms. The highest BCUT2D eigenvalue weighted by Gasteiger charge is 2.62. The molecule has 20 heteroatoms. The van der Waals surface area contributed by atoms with Crippen molar-refractivity contribution in [3.63, 3.8) is 0 Å². The molecule has 3 aromatic heterocycles. The van der Waals surface area contributed by atoms with E-state index in [2.05, 4.69) is 37.1 Å². The van der Waals surface area contributed by atoms with Gasteiger partial charge in [0.25, 0.3) is 17.7 Å². The molecule has 64 heavy (non-hydrogen) atoms. The fourth-order valence-electron chi connectivity index (χ4n) is 8.01. The van der Waals surface area contributed by atoms with Crippen molar-refractivity contribution in [3.05, 3.63) is 84.8 Å². The van der Waals surface area contributed by atoms with E-state index in [0.717, 1.165) is 25.0 Å². The first-order valence-electron chi connectivity index (χ1n) is 21.0. The molecular formula is C44H46F3N7O9S. The van der Waals surface area contributed by atoms with Gasteiger partial charge in [-0.2, -0.15) is 18.2 Å². The van der Waals surface area contributed by atoms with Crippen LogP contribution in [-0.2, 0) is 30.6 Å². The van der Waals surface area contributed by atoms with E-state index in [4.69, 9.17) is 13.7 Å². The number of allylic oxidation sites excluding steroid dienone is 1. The summed E-state index contributed by atoms with van der Waals surface area (Å²) in [6.07, 6.45) is 1.14. The summed E-state index contributed by atoms with van der Waals surface area (Å²) < 4.78 is 85.4.